The Balaban J connectivity index is 2.08. The highest BCUT2D eigenvalue weighted by Gasteiger charge is 2.32. The maximum Gasteiger partial charge on any atom is 0.417 e. The zero-order valence-corrected chi connectivity index (χ0v) is 15.8. The van der Waals surface area contributed by atoms with Crippen LogP contribution in [0.25, 0.3) is 0 Å². The van der Waals surface area contributed by atoms with Gasteiger partial charge in [-0.3, -0.25) is 4.79 Å². The monoisotopic (exact) mass is 422 g/mol. The maximum absolute atomic E-state index is 12.6. The molecule has 2 aromatic rings. The van der Waals surface area contributed by atoms with E-state index < -0.39 is 34.7 Å². The SMILES string of the molecule is CNc1snc(C)c1C(=O)O[C@H](C)C(=O)Nc1ncc(C(F)(F)F)cc1Cl. The number of carbonyl (C=O) groups excluding carboxylic acids is 2. The third-order valence-electron chi connectivity index (χ3n) is 3.36. The average Bonchev–Trinajstić information content (AvgIpc) is 2.96. The van der Waals surface area contributed by atoms with E-state index in [9.17, 15) is 22.8 Å². The number of aromatic nitrogens is 2. The number of nitrogens with one attached hydrogen (secondary N) is 2. The Morgan fingerprint density at radius 3 is 2.59 bits per heavy atom. The number of nitrogens with zero attached hydrogens (tertiary/aromatic N) is 2. The summed E-state index contributed by atoms with van der Waals surface area (Å²) in [7, 11) is 1.61. The van der Waals surface area contributed by atoms with Gasteiger partial charge < -0.3 is 15.4 Å². The first-order valence-corrected chi connectivity index (χ1v) is 8.58. The molecule has 0 unspecified atom stereocenters. The second-order valence-electron chi connectivity index (χ2n) is 5.31. The number of alkyl halides is 3. The number of halogens is 4. The Morgan fingerprint density at radius 2 is 2.04 bits per heavy atom. The molecule has 1 atom stereocenters. The van der Waals surface area contributed by atoms with Gasteiger partial charge in [-0.1, -0.05) is 11.6 Å². The lowest BCUT2D eigenvalue weighted by Gasteiger charge is -2.15. The molecule has 27 heavy (non-hydrogen) atoms. The second-order valence-corrected chi connectivity index (χ2v) is 6.49. The Hall–Kier alpha value is -2.40. The fraction of sp³-hybridized carbons (Fsp3) is 0.333. The van der Waals surface area contributed by atoms with Crippen LogP contribution in [0.3, 0.4) is 0 Å². The van der Waals surface area contributed by atoms with Gasteiger partial charge in [0.25, 0.3) is 5.91 Å². The summed E-state index contributed by atoms with van der Waals surface area (Å²) in [5.74, 6) is -1.84. The maximum atomic E-state index is 12.6. The summed E-state index contributed by atoms with van der Waals surface area (Å²) >= 11 is 6.80. The number of hydrogen-bond acceptors (Lipinski definition) is 7. The van der Waals surface area contributed by atoms with Crippen LogP contribution in [0.2, 0.25) is 5.02 Å². The van der Waals surface area contributed by atoms with Crippen molar-refractivity contribution >= 4 is 45.8 Å². The predicted molar refractivity (Wildman–Crippen MR) is 94.2 cm³/mol. The number of aryl methyl sites for hydroxylation is 1. The largest absolute Gasteiger partial charge is 0.449 e. The van der Waals surface area contributed by atoms with Gasteiger partial charge in [0.2, 0.25) is 0 Å². The van der Waals surface area contributed by atoms with Crippen LogP contribution in [0.5, 0.6) is 0 Å². The van der Waals surface area contributed by atoms with Gasteiger partial charge in [0.15, 0.2) is 11.9 Å². The number of hydrogen-bond donors (Lipinski definition) is 2. The van der Waals surface area contributed by atoms with Gasteiger partial charge in [-0.15, -0.1) is 0 Å². The summed E-state index contributed by atoms with van der Waals surface area (Å²) < 4.78 is 47.0. The average molecular weight is 423 g/mol. The van der Waals surface area contributed by atoms with E-state index in [1.54, 1.807) is 14.0 Å². The third-order valence-corrected chi connectivity index (χ3v) is 4.60. The first-order valence-electron chi connectivity index (χ1n) is 7.43. The first kappa shape index (κ1) is 20.9. The van der Waals surface area contributed by atoms with Crippen LogP contribution < -0.4 is 10.6 Å². The van der Waals surface area contributed by atoms with Crippen molar-refractivity contribution in [2.75, 3.05) is 17.7 Å². The summed E-state index contributed by atoms with van der Waals surface area (Å²) in [6.07, 6.45) is -5.32. The molecule has 12 heteroatoms. The molecule has 7 nitrogen and oxygen atoms in total. The standard InChI is InChI=1S/C15H14ClF3N4O3S/c1-6-10(13(20-3)27-23-6)14(25)26-7(2)12(24)22-11-9(16)4-8(5-21-11)15(17,18)19/h4-5,7,20H,1-3H3,(H,21,22,24)/t7-/m1/s1. The van der Waals surface area contributed by atoms with Crippen LogP contribution >= 0.6 is 23.1 Å². The lowest BCUT2D eigenvalue weighted by molar-refractivity contribution is -0.137. The minimum Gasteiger partial charge on any atom is -0.449 e. The van der Waals surface area contributed by atoms with E-state index in [-0.39, 0.29) is 11.4 Å². The van der Waals surface area contributed by atoms with Crippen molar-refractivity contribution in [1.82, 2.24) is 9.36 Å². The quantitative estimate of drug-likeness (QED) is 0.713. The molecule has 146 valence electrons. The fourth-order valence-electron chi connectivity index (χ4n) is 1.96. The van der Waals surface area contributed by atoms with E-state index in [4.69, 9.17) is 16.3 Å². The topological polar surface area (TPSA) is 93.2 Å². The number of pyridine rings is 1. The van der Waals surface area contributed by atoms with E-state index in [0.29, 0.717) is 23.0 Å². The van der Waals surface area contributed by atoms with Crippen molar-refractivity contribution in [3.05, 3.63) is 34.1 Å². The highest BCUT2D eigenvalue weighted by Crippen LogP contribution is 2.32. The van der Waals surface area contributed by atoms with Crippen molar-refractivity contribution in [1.29, 1.82) is 0 Å². The van der Waals surface area contributed by atoms with Gasteiger partial charge in [-0.2, -0.15) is 17.5 Å². The number of amides is 1. The summed E-state index contributed by atoms with van der Waals surface area (Å²) in [6, 6.07) is 0.639. The molecule has 2 rings (SSSR count). The van der Waals surface area contributed by atoms with Crippen LogP contribution in [-0.2, 0) is 15.7 Å². The molecule has 0 radical (unpaired) electrons. The van der Waals surface area contributed by atoms with Gasteiger partial charge in [-0.05, 0) is 31.4 Å². The van der Waals surface area contributed by atoms with Crippen LogP contribution in [-0.4, -0.2) is 34.4 Å². The number of anilines is 2. The van der Waals surface area contributed by atoms with Gasteiger partial charge >= 0.3 is 12.1 Å². The summed E-state index contributed by atoms with van der Waals surface area (Å²) in [6.45, 7) is 2.92. The lowest BCUT2D eigenvalue weighted by atomic mass is 10.2. The molecule has 0 aliphatic carbocycles. The summed E-state index contributed by atoms with van der Waals surface area (Å²) in [4.78, 5) is 27.9. The van der Waals surface area contributed by atoms with Gasteiger partial charge in [-0.25, -0.2) is 9.78 Å². The van der Waals surface area contributed by atoms with Crippen molar-refractivity contribution in [2.24, 2.45) is 0 Å². The molecule has 0 fully saturated rings. The third kappa shape index (κ3) is 4.86. The van der Waals surface area contributed by atoms with E-state index in [1.807, 2.05) is 0 Å². The van der Waals surface area contributed by atoms with Crippen molar-refractivity contribution < 1.29 is 27.5 Å². The molecule has 0 bridgehead atoms. The molecular formula is C15H14ClF3N4O3S. The number of esters is 1. The Morgan fingerprint density at radius 1 is 1.37 bits per heavy atom. The summed E-state index contributed by atoms with van der Waals surface area (Å²) in [5, 5.41) is 5.11. The van der Waals surface area contributed by atoms with Crippen LogP contribution in [0.4, 0.5) is 24.0 Å². The molecule has 1 amide bonds. The van der Waals surface area contributed by atoms with Crippen molar-refractivity contribution in [3.8, 4) is 0 Å². The molecule has 0 aliphatic heterocycles. The zero-order chi connectivity index (χ0) is 20.4. The summed E-state index contributed by atoms with van der Waals surface area (Å²) in [5.41, 5.74) is -0.410. The van der Waals surface area contributed by atoms with Gasteiger partial charge in [0.05, 0.1) is 16.3 Å². The predicted octanol–water partition coefficient (Wildman–Crippen LogP) is 3.74. The van der Waals surface area contributed by atoms with E-state index in [1.165, 1.54) is 6.92 Å². The normalized spacial score (nSPS) is 12.4. The van der Waals surface area contributed by atoms with Crippen LogP contribution in [0, 0.1) is 6.92 Å². The molecular weight excluding hydrogens is 409 g/mol. The van der Waals surface area contributed by atoms with Crippen LogP contribution in [0.15, 0.2) is 12.3 Å². The lowest BCUT2D eigenvalue weighted by Crippen LogP contribution is -2.30. The Kier molecular flexibility index (Phi) is 6.26. The smallest absolute Gasteiger partial charge is 0.417 e. The van der Waals surface area contributed by atoms with E-state index in [2.05, 4.69) is 20.0 Å². The Bertz CT molecular complexity index is 872. The highest BCUT2D eigenvalue weighted by molar-refractivity contribution is 7.10. The molecule has 0 saturated carbocycles. The molecule has 0 aliphatic rings. The van der Waals surface area contributed by atoms with Crippen molar-refractivity contribution in [3.63, 3.8) is 0 Å². The number of ether oxygens (including phenoxy) is 1. The molecule has 2 aromatic heterocycles. The molecule has 2 N–H and O–H groups in total. The number of rotatable bonds is 5. The molecule has 2 heterocycles. The molecule has 0 spiro atoms. The minimum atomic E-state index is -4.61. The van der Waals surface area contributed by atoms with Gasteiger partial charge in [0, 0.05) is 13.2 Å². The number of carbonyl (C=O) groups is 2. The molecule has 0 saturated heterocycles. The first-order chi connectivity index (χ1) is 12.5. The van der Waals surface area contributed by atoms with Crippen LogP contribution in [0.1, 0.15) is 28.5 Å². The van der Waals surface area contributed by atoms with E-state index >= 15 is 0 Å². The van der Waals surface area contributed by atoms with E-state index in [0.717, 1.165) is 11.5 Å². The Labute approximate surface area is 161 Å². The minimum absolute atomic E-state index is 0.202. The zero-order valence-electron chi connectivity index (χ0n) is 14.3. The molecule has 0 aromatic carbocycles. The fourth-order valence-corrected chi connectivity index (χ4v) is 2.90. The highest BCUT2D eigenvalue weighted by atomic mass is 35.5. The second kappa shape index (κ2) is 8.09. The van der Waals surface area contributed by atoms with Crippen molar-refractivity contribution in [2.45, 2.75) is 26.1 Å². The van der Waals surface area contributed by atoms with Gasteiger partial charge in [0.1, 0.15) is 10.6 Å².